The van der Waals surface area contributed by atoms with Crippen molar-refractivity contribution in [2.45, 2.75) is 45.6 Å². The third-order valence-electron chi connectivity index (χ3n) is 3.61. The van der Waals surface area contributed by atoms with E-state index in [-0.39, 0.29) is 12.3 Å². The van der Waals surface area contributed by atoms with Crippen LogP contribution in [0.2, 0.25) is 0 Å². The maximum atomic E-state index is 9.81. The van der Waals surface area contributed by atoms with E-state index >= 15 is 0 Å². The smallest absolute Gasteiger partial charge is 0.324 e. The van der Waals surface area contributed by atoms with Gasteiger partial charge in [-0.3, -0.25) is 4.57 Å². The van der Waals surface area contributed by atoms with Crippen LogP contribution < -0.4 is 5.73 Å². The number of hydrogen-bond acceptors (Lipinski definition) is 8. The Morgan fingerprint density at radius 3 is 2.71 bits per heavy atom. The van der Waals surface area contributed by atoms with Crippen molar-refractivity contribution in [1.29, 1.82) is 0 Å². The summed E-state index contributed by atoms with van der Waals surface area (Å²) in [6, 6.07) is 0. The van der Waals surface area contributed by atoms with Crippen molar-refractivity contribution in [2.24, 2.45) is 0 Å². The summed E-state index contributed by atoms with van der Waals surface area (Å²) in [6.07, 6.45) is 2.52. The highest BCUT2D eigenvalue weighted by molar-refractivity contribution is 8.07. The fraction of sp³-hybridized carbons (Fsp3) is 0.615. The molecule has 0 aliphatic carbocycles. The highest BCUT2D eigenvalue weighted by Gasteiger charge is 2.26. The third kappa shape index (κ3) is 4.27. The molecule has 0 aliphatic rings. The van der Waals surface area contributed by atoms with E-state index in [4.69, 9.17) is 31.3 Å². The second-order valence-corrected chi connectivity index (χ2v) is 8.12. The number of nitrogen functional groups attached to an aromatic ring is 1. The maximum Gasteiger partial charge on any atom is 0.324 e. The van der Waals surface area contributed by atoms with Crippen LogP contribution in [0.1, 0.15) is 33.4 Å². The fourth-order valence-corrected chi connectivity index (χ4v) is 3.36. The third-order valence-corrected chi connectivity index (χ3v) is 5.37. The van der Waals surface area contributed by atoms with Gasteiger partial charge < -0.3 is 24.4 Å². The minimum atomic E-state index is -3.25. The predicted molar refractivity (Wildman–Crippen MR) is 93.7 cm³/mol. The molecule has 3 N–H and O–H groups in total. The minimum Gasteiger partial charge on any atom is -0.382 e. The number of nitrogens with two attached hydrogens (primary N) is 1. The van der Waals surface area contributed by atoms with Crippen molar-refractivity contribution in [3.8, 4) is 0 Å². The number of ether oxygens (including phenoxy) is 1. The topological polar surface area (TPSA) is 118 Å². The van der Waals surface area contributed by atoms with E-state index in [0.717, 1.165) is 0 Å². The minimum absolute atomic E-state index is 0.304. The fourth-order valence-electron chi connectivity index (χ4n) is 2.31. The van der Waals surface area contributed by atoms with Crippen LogP contribution in [0.3, 0.4) is 0 Å². The van der Waals surface area contributed by atoms with Gasteiger partial charge >= 0.3 is 6.72 Å². The van der Waals surface area contributed by atoms with E-state index in [1.165, 1.54) is 13.4 Å². The molecule has 0 fully saturated rings. The second kappa shape index (κ2) is 7.81. The van der Waals surface area contributed by atoms with E-state index in [9.17, 15) is 4.89 Å². The molecule has 0 bridgehead atoms. The Labute approximate surface area is 145 Å². The molecule has 0 saturated carbocycles. The standard InChI is InChI=1S/C13H22N5O4PS/c1-5-10(8(2)22-23(19,24)20-4)21-9(3)18-7-17-11-12(14)15-6-16-13(11)18/h6-10H,5H2,1-4H3,(H,19,24)(H2,14,15,16)/t8?,9?,10-,23?/m0/s1. The molecule has 0 aromatic carbocycles. The SMILES string of the molecule is CC[C@H](OC(C)n1cnc2c(N)ncnc21)C(C)OP(O)(=S)OC. The van der Waals surface area contributed by atoms with Crippen LogP contribution in [0, 0.1) is 0 Å². The number of nitrogens with zero attached hydrogens (tertiary/aromatic N) is 4. The van der Waals surface area contributed by atoms with Gasteiger partial charge in [0, 0.05) is 7.11 Å². The van der Waals surface area contributed by atoms with Gasteiger partial charge in [-0.1, -0.05) is 6.92 Å². The molecule has 134 valence electrons. The summed E-state index contributed by atoms with van der Waals surface area (Å²) in [7, 11) is 1.32. The van der Waals surface area contributed by atoms with Crippen LogP contribution in [0.5, 0.6) is 0 Å². The van der Waals surface area contributed by atoms with Crippen molar-refractivity contribution in [1.82, 2.24) is 19.5 Å². The highest BCUT2D eigenvalue weighted by atomic mass is 32.5. The molecule has 2 aromatic heterocycles. The largest absolute Gasteiger partial charge is 0.382 e. The summed E-state index contributed by atoms with van der Waals surface area (Å²) >= 11 is 4.88. The Balaban J connectivity index is 2.15. The molecule has 24 heavy (non-hydrogen) atoms. The van der Waals surface area contributed by atoms with Crippen LogP contribution >= 0.6 is 6.72 Å². The van der Waals surface area contributed by atoms with E-state index in [2.05, 4.69) is 15.0 Å². The Morgan fingerprint density at radius 2 is 2.08 bits per heavy atom. The van der Waals surface area contributed by atoms with E-state index < -0.39 is 12.8 Å². The molecular weight excluding hydrogens is 353 g/mol. The summed E-state index contributed by atoms with van der Waals surface area (Å²) in [5, 5.41) is 0. The molecule has 0 radical (unpaired) electrons. The summed E-state index contributed by atoms with van der Waals surface area (Å²) in [5.41, 5.74) is 6.90. The first-order valence-electron chi connectivity index (χ1n) is 7.44. The average Bonchev–Trinajstić information content (AvgIpc) is 2.97. The normalized spacial score (nSPS) is 18.2. The lowest BCUT2D eigenvalue weighted by Crippen LogP contribution is -2.30. The quantitative estimate of drug-likeness (QED) is 0.668. The predicted octanol–water partition coefficient (Wildman–Crippen LogP) is 1.99. The second-order valence-electron chi connectivity index (χ2n) is 5.23. The number of anilines is 1. The summed E-state index contributed by atoms with van der Waals surface area (Å²) in [6.45, 7) is 2.35. The van der Waals surface area contributed by atoms with Gasteiger partial charge in [-0.05, 0) is 32.1 Å². The van der Waals surface area contributed by atoms with E-state index in [0.29, 0.717) is 23.4 Å². The lowest BCUT2D eigenvalue weighted by Gasteiger charge is -2.29. The number of fused-ring (bicyclic) bond motifs is 1. The van der Waals surface area contributed by atoms with E-state index in [1.807, 2.05) is 13.8 Å². The average molecular weight is 375 g/mol. The lowest BCUT2D eigenvalue weighted by molar-refractivity contribution is -0.0881. The molecule has 0 spiro atoms. The first-order valence-corrected chi connectivity index (χ1v) is 10.0. The molecule has 0 amide bonds. The van der Waals surface area contributed by atoms with Gasteiger partial charge in [-0.15, -0.1) is 0 Å². The Morgan fingerprint density at radius 1 is 1.38 bits per heavy atom. The van der Waals surface area contributed by atoms with Gasteiger partial charge in [0.25, 0.3) is 0 Å². The van der Waals surface area contributed by atoms with Gasteiger partial charge in [-0.25, -0.2) is 15.0 Å². The highest BCUT2D eigenvalue weighted by Crippen LogP contribution is 2.44. The van der Waals surface area contributed by atoms with Crippen molar-refractivity contribution >= 4 is 35.5 Å². The molecule has 9 nitrogen and oxygen atoms in total. The summed E-state index contributed by atoms with van der Waals surface area (Å²) in [4.78, 5) is 22.1. The van der Waals surface area contributed by atoms with Crippen LogP contribution in [-0.2, 0) is 25.6 Å². The summed E-state index contributed by atoms with van der Waals surface area (Å²) in [5.74, 6) is 0.316. The van der Waals surface area contributed by atoms with Crippen molar-refractivity contribution in [3.05, 3.63) is 12.7 Å². The van der Waals surface area contributed by atoms with Gasteiger partial charge in [0.15, 0.2) is 11.5 Å². The van der Waals surface area contributed by atoms with Gasteiger partial charge in [-0.2, -0.15) is 0 Å². The molecule has 0 aliphatic heterocycles. The van der Waals surface area contributed by atoms with Crippen LogP contribution in [0.15, 0.2) is 12.7 Å². The van der Waals surface area contributed by atoms with Gasteiger partial charge in [0.1, 0.15) is 18.1 Å². The number of rotatable bonds is 8. The zero-order valence-electron chi connectivity index (χ0n) is 14.0. The molecule has 2 rings (SSSR count). The monoisotopic (exact) mass is 375 g/mol. The first kappa shape index (κ1) is 19.2. The molecular formula is C13H22N5O4PS. The molecule has 2 aromatic rings. The lowest BCUT2D eigenvalue weighted by atomic mass is 10.2. The van der Waals surface area contributed by atoms with Gasteiger partial charge in [0.05, 0.1) is 18.5 Å². The Bertz CT molecular complexity index is 742. The molecule has 11 heteroatoms. The Kier molecular flexibility index (Phi) is 6.24. The van der Waals surface area contributed by atoms with Crippen molar-refractivity contribution < 1.29 is 18.7 Å². The van der Waals surface area contributed by atoms with E-state index in [1.54, 1.807) is 17.8 Å². The van der Waals surface area contributed by atoms with Crippen molar-refractivity contribution in [3.63, 3.8) is 0 Å². The number of imidazole rings is 1. The van der Waals surface area contributed by atoms with Crippen LogP contribution in [0.25, 0.3) is 11.2 Å². The molecule has 4 atom stereocenters. The van der Waals surface area contributed by atoms with Crippen LogP contribution in [0.4, 0.5) is 5.82 Å². The number of hydrogen-bond donors (Lipinski definition) is 2. The zero-order valence-corrected chi connectivity index (χ0v) is 15.7. The molecule has 0 saturated heterocycles. The molecule has 2 heterocycles. The molecule has 3 unspecified atom stereocenters. The number of aromatic nitrogens is 4. The first-order chi connectivity index (χ1) is 11.3. The zero-order chi connectivity index (χ0) is 17.9. The van der Waals surface area contributed by atoms with Crippen LogP contribution in [-0.4, -0.2) is 43.7 Å². The van der Waals surface area contributed by atoms with Crippen molar-refractivity contribution in [2.75, 3.05) is 12.8 Å². The maximum absolute atomic E-state index is 9.81. The summed E-state index contributed by atoms with van der Waals surface area (Å²) < 4.78 is 18.0. The van der Waals surface area contributed by atoms with Gasteiger partial charge in [0.2, 0.25) is 0 Å². The Hall–Kier alpha value is -1.16.